The Morgan fingerprint density at radius 2 is 1.34 bits per heavy atom. The lowest BCUT2D eigenvalue weighted by Gasteiger charge is -2.27. The van der Waals surface area contributed by atoms with Crippen molar-refractivity contribution in [2.45, 2.75) is 225 Å². The zero-order valence-electron chi connectivity index (χ0n) is 60.7. The van der Waals surface area contributed by atoms with Crippen LogP contribution in [0.2, 0.25) is 0 Å². The van der Waals surface area contributed by atoms with Gasteiger partial charge in [0.1, 0.15) is 29.9 Å². The molecule has 0 saturated carbocycles. The lowest BCUT2D eigenvalue weighted by Crippen LogP contribution is -2.46. The van der Waals surface area contributed by atoms with E-state index in [1.165, 1.54) is 40.3 Å². The number of carboxylic acids is 2. The first-order chi connectivity index (χ1) is 48.6. The number of fused-ring (bicyclic) bond motifs is 2. The second-order valence-corrected chi connectivity index (χ2v) is 28.2. The summed E-state index contributed by atoms with van der Waals surface area (Å²) in [4.78, 5) is 95.7. The lowest BCUT2D eigenvalue weighted by atomic mass is 9.81. The monoisotopic (exact) mass is 1380 g/mol. The quantitative estimate of drug-likeness (QED) is 0.00886. The average molecular weight is 1380 g/mol. The van der Waals surface area contributed by atoms with E-state index in [4.69, 9.17) is 21.3 Å². The summed E-state index contributed by atoms with van der Waals surface area (Å²) in [6.07, 6.45) is 24.5. The third-order valence-corrected chi connectivity index (χ3v) is 19.6. The third kappa shape index (κ3) is 24.3. The summed E-state index contributed by atoms with van der Waals surface area (Å²) in [5.74, 6) is -2.34. The number of carbonyl (C=O) groups excluding carboxylic acids is 5. The highest BCUT2D eigenvalue weighted by atomic mass is 16.5. The number of nitrogens with zero attached hydrogens (tertiary/aromatic N) is 3. The Morgan fingerprint density at radius 1 is 0.653 bits per heavy atom. The van der Waals surface area contributed by atoms with Crippen molar-refractivity contribution in [2.24, 2.45) is 22.4 Å². The van der Waals surface area contributed by atoms with Crippen molar-refractivity contribution in [1.82, 2.24) is 21.3 Å². The fraction of sp³-hybridized carbons (Fsp3) is 0.500. The Balaban J connectivity index is 0.969. The molecule has 0 spiro atoms. The van der Waals surface area contributed by atoms with Gasteiger partial charge in [-0.05, 0) is 156 Å². The molecule has 4 aromatic rings. The van der Waals surface area contributed by atoms with Gasteiger partial charge < -0.3 is 52.6 Å². The number of aliphatic imine (C=N–C) groups is 1. The number of rotatable bonds is 44. The molecule has 0 bridgehead atoms. The number of nitrogens with two attached hydrogens (primary N) is 2. The predicted molar refractivity (Wildman–Crippen MR) is 402 cm³/mol. The molecule has 2 heterocycles. The van der Waals surface area contributed by atoms with Gasteiger partial charge in [-0.25, -0.2) is 9.59 Å². The zero-order chi connectivity index (χ0) is 72.7. The van der Waals surface area contributed by atoms with Crippen LogP contribution >= 0.6 is 0 Å². The molecule has 2 aliphatic heterocycles. The van der Waals surface area contributed by atoms with Crippen molar-refractivity contribution < 1.29 is 53.1 Å². The number of carboxylic acid groups (broad SMARTS) is 2. The molecule has 4 amide bonds. The first kappa shape index (κ1) is 79.2. The van der Waals surface area contributed by atoms with E-state index < -0.39 is 42.4 Å². The van der Waals surface area contributed by atoms with Crippen molar-refractivity contribution in [3.8, 4) is 5.75 Å². The number of nitrogens with one attached hydrogen (secondary N) is 4. The van der Waals surface area contributed by atoms with Gasteiger partial charge in [-0.3, -0.25) is 29.0 Å². The van der Waals surface area contributed by atoms with Crippen LogP contribution in [-0.4, -0.2) is 113 Å². The maximum absolute atomic E-state index is 14.4. The molecule has 1 aliphatic carbocycles. The maximum atomic E-state index is 14.4. The number of allylic oxidation sites excluding steroid dienone is 7. The number of guanidine groups is 1. The van der Waals surface area contributed by atoms with Gasteiger partial charge in [0, 0.05) is 105 Å². The largest absolute Gasteiger partial charge is 0.481 e. The molecule has 0 unspecified atom stereocenters. The van der Waals surface area contributed by atoms with E-state index in [0.29, 0.717) is 51.5 Å². The number of ketones is 2. The molecule has 4 aromatic carbocycles. The predicted octanol–water partition coefficient (Wildman–Crippen LogP) is 13.8. The molecule has 544 valence electrons. The van der Waals surface area contributed by atoms with E-state index in [1.807, 2.05) is 42.5 Å². The van der Waals surface area contributed by atoms with E-state index in [1.54, 1.807) is 0 Å². The molecule has 7 rings (SSSR count). The van der Waals surface area contributed by atoms with E-state index in [9.17, 15) is 38.7 Å². The Hall–Kier alpha value is -9.13. The molecule has 0 aromatic heterocycles. The van der Waals surface area contributed by atoms with E-state index in [2.05, 4.69) is 162 Å². The second-order valence-electron chi connectivity index (χ2n) is 28.2. The summed E-state index contributed by atoms with van der Waals surface area (Å²) in [5, 5.41) is 29.0. The van der Waals surface area contributed by atoms with Gasteiger partial charge in [0.05, 0.1) is 11.5 Å². The number of carbonyl (C=O) groups is 7. The summed E-state index contributed by atoms with van der Waals surface area (Å²) < 4.78 is 9.67. The number of benzene rings is 4. The van der Waals surface area contributed by atoms with Crippen LogP contribution in [0, 0.1) is 5.92 Å². The number of hydrogen-bond donors (Lipinski definition) is 8. The normalized spacial score (nSPS) is 16.2. The van der Waals surface area contributed by atoms with E-state index in [0.717, 1.165) is 118 Å². The Bertz CT molecular complexity index is 3640. The van der Waals surface area contributed by atoms with Gasteiger partial charge in [0.15, 0.2) is 17.5 Å². The first-order valence-electron chi connectivity index (χ1n) is 37.0. The zero-order valence-corrected chi connectivity index (χ0v) is 60.7. The van der Waals surface area contributed by atoms with Gasteiger partial charge in [0.25, 0.3) is 0 Å². The number of hydrogen-bond acceptors (Lipinski definition) is 10. The summed E-state index contributed by atoms with van der Waals surface area (Å²) in [5.41, 5.74) is 23.0. The Labute approximate surface area is 598 Å². The minimum Gasteiger partial charge on any atom is -0.481 e. The Morgan fingerprint density at radius 3 is 2.05 bits per heavy atom. The molecular weight excluding hydrogens is 1270 g/mol. The number of aliphatic carboxylic acids is 2. The lowest BCUT2D eigenvalue weighted by molar-refractivity contribution is -0.438. The number of unbranched alkanes of at least 4 members (excludes halogenated alkanes) is 8. The number of para-hydroxylation sites is 2. The van der Waals surface area contributed by atoms with Crippen LogP contribution in [0.1, 0.15) is 211 Å². The van der Waals surface area contributed by atoms with Gasteiger partial charge in [-0.1, -0.05) is 151 Å². The maximum Gasteiger partial charge on any atom is 0.326 e. The SMILES string of the molecule is CCCCC[N+]1=C(/C=C/C2=C(Oc3ccc(CCNC(=O)[C@H](CCCN=C(N)N)CC(=O)[C@H](Cc4ccccc4)NC(=O)CCCCCCCCC(=O)CCCNC(=O)N[C@@H](CCC(=O)O)C(=O)O)cc3)C(=C/C=C3/N(CCCC)c4ccccc4C3(C)C)/CCC2)C(C)(C)c2ccccc21. The topological polar surface area (TPSA) is 288 Å². The third-order valence-electron chi connectivity index (χ3n) is 19.6. The second kappa shape index (κ2) is 40.3. The van der Waals surface area contributed by atoms with Crippen molar-refractivity contribution >= 4 is 64.4 Å². The van der Waals surface area contributed by atoms with Crippen molar-refractivity contribution in [1.29, 1.82) is 0 Å². The number of anilines is 1. The molecular formula is C82H112N9O10+. The van der Waals surface area contributed by atoms with Crippen LogP contribution < -0.4 is 42.4 Å². The van der Waals surface area contributed by atoms with E-state index >= 15 is 0 Å². The van der Waals surface area contributed by atoms with Gasteiger partial charge >= 0.3 is 18.0 Å². The van der Waals surface area contributed by atoms with Gasteiger partial charge in [-0.2, -0.15) is 4.58 Å². The first-order valence-corrected chi connectivity index (χ1v) is 37.0. The van der Waals surface area contributed by atoms with Gasteiger partial charge in [-0.15, -0.1) is 0 Å². The summed E-state index contributed by atoms with van der Waals surface area (Å²) >= 11 is 0. The van der Waals surface area contributed by atoms with Crippen LogP contribution in [0.5, 0.6) is 5.75 Å². The van der Waals surface area contributed by atoms with Crippen LogP contribution in [0.15, 0.2) is 155 Å². The Kier molecular flexibility index (Phi) is 31.6. The number of amides is 4. The fourth-order valence-electron chi connectivity index (χ4n) is 13.9. The minimum atomic E-state index is -1.33. The van der Waals surface area contributed by atoms with Crippen LogP contribution in [0.4, 0.5) is 16.2 Å². The summed E-state index contributed by atoms with van der Waals surface area (Å²) in [6, 6.07) is 32.4. The fourth-order valence-corrected chi connectivity index (χ4v) is 13.9. The smallest absolute Gasteiger partial charge is 0.326 e. The highest BCUT2D eigenvalue weighted by molar-refractivity contribution is 6.03. The summed E-state index contributed by atoms with van der Waals surface area (Å²) in [7, 11) is 0. The van der Waals surface area contributed by atoms with Crippen molar-refractivity contribution in [3.63, 3.8) is 0 Å². The molecule has 19 nitrogen and oxygen atoms in total. The highest BCUT2D eigenvalue weighted by Gasteiger charge is 2.44. The number of Topliss-reactive ketones (excluding diaryl/α,β-unsaturated/α-hetero) is 2. The van der Waals surface area contributed by atoms with Crippen LogP contribution in [0.25, 0.3) is 0 Å². The van der Waals surface area contributed by atoms with Gasteiger partial charge in [0.2, 0.25) is 17.5 Å². The molecule has 101 heavy (non-hydrogen) atoms. The molecule has 0 radical (unpaired) electrons. The average Bonchev–Trinajstić information content (AvgIpc) is 1.61. The molecule has 19 heteroatoms. The minimum absolute atomic E-state index is 0.0550. The molecule has 3 atom stereocenters. The van der Waals surface area contributed by atoms with Crippen molar-refractivity contribution in [3.05, 3.63) is 172 Å². The number of ether oxygens (including phenoxy) is 1. The molecule has 0 saturated heterocycles. The molecule has 0 fully saturated rings. The van der Waals surface area contributed by atoms with Crippen LogP contribution in [0.3, 0.4) is 0 Å². The highest BCUT2D eigenvalue weighted by Crippen LogP contribution is 2.48. The number of urea groups is 1. The van der Waals surface area contributed by atoms with Crippen LogP contribution in [-0.2, 0) is 52.4 Å². The standard InChI is InChI=1S/C82H111N9O10/c1-7-9-24-55-91-70-38-23-21-36-66(70)82(5,6)73(91)48-43-61-31-25-30-60(42-47-72-81(3,4)65-35-20-22-37-69(65)90(72)54-10-8-2)76(61)101-64-44-40-58(41-45-64)50-53-85-77(97)62(32-26-51-86-79(83)84)57-71(93)68(56-59-28-16-15-17-29-59)88-74(94)39-19-14-12-11-13-18-33-63(92)34-27-52-87-80(100)89-67(78(98)99)46-49-75(95)96/h15-17,20-23,28-29,35-38,40-45,47-48,62,67-68H,7-14,18-19,24-27,30-34,39,46,49-57H2,1-6H3,(H9-,83,84,85,86,87,88,89,94,95,96,97,98,99,100)/p+1/t62-,67+,68+/m1/s1. The molecule has 3 aliphatic rings. The molecule has 10 N–H and O–H groups in total. The summed E-state index contributed by atoms with van der Waals surface area (Å²) in [6.45, 7) is 16.5. The van der Waals surface area contributed by atoms with Crippen molar-refractivity contribution in [2.75, 3.05) is 37.6 Å². The van der Waals surface area contributed by atoms with E-state index in [-0.39, 0.29) is 85.4 Å².